The van der Waals surface area contributed by atoms with Crippen LogP contribution in [-0.4, -0.2) is 54.4 Å². The molecule has 0 bridgehead atoms. The van der Waals surface area contributed by atoms with E-state index in [1.165, 1.54) is 12.1 Å². The first-order valence-corrected chi connectivity index (χ1v) is 6.21. The molecule has 1 aromatic rings. The van der Waals surface area contributed by atoms with Crippen molar-refractivity contribution < 1.29 is 14.6 Å². The summed E-state index contributed by atoms with van der Waals surface area (Å²) in [5, 5.41) is 17.9. The van der Waals surface area contributed by atoms with Crippen molar-refractivity contribution in [1.82, 2.24) is 4.90 Å². The molecule has 0 amide bonds. The average molecular weight is 254 g/mol. The molecule has 1 fully saturated rings. The highest BCUT2D eigenvalue weighted by Gasteiger charge is 2.17. The summed E-state index contributed by atoms with van der Waals surface area (Å²) in [5.41, 5.74) is 1.42. The van der Waals surface area contributed by atoms with Crippen LogP contribution in [0.4, 0.5) is 10.1 Å². The summed E-state index contributed by atoms with van der Waals surface area (Å²) in [6.45, 7) is 4.09. The van der Waals surface area contributed by atoms with E-state index in [0.29, 0.717) is 12.1 Å². The van der Waals surface area contributed by atoms with Crippen LogP contribution in [0.5, 0.6) is 0 Å². The zero-order chi connectivity index (χ0) is 13.0. The molecule has 0 atom stereocenters. The lowest BCUT2D eigenvalue weighted by atomic mass is 10.1. The fourth-order valence-electron chi connectivity index (χ4n) is 2.28. The zero-order valence-electron chi connectivity index (χ0n) is 10.3. The number of nitrogens with zero attached hydrogens (tertiary/aromatic N) is 2. The van der Waals surface area contributed by atoms with Crippen LogP contribution in [-0.2, 0) is 6.61 Å². The van der Waals surface area contributed by atoms with E-state index in [1.807, 2.05) is 6.07 Å². The number of aliphatic hydroxyl groups is 2. The second-order valence-corrected chi connectivity index (χ2v) is 4.53. The molecule has 1 heterocycles. The van der Waals surface area contributed by atoms with Crippen molar-refractivity contribution in [3.05, 3.63) is 29.6 Å². The first-order chi connectivity index (χ1) is 8.72. The van der Waals surface area contributed by atoms with Crippen LogP contribution in [0, 0.1) is 5.82 Å². The quantitative estimate of drug-likeness (QED) is 0.818. The van der Waals surface area contributed by atoms with Gasteiger partial charge < -0.3 is 15.1 Å². The van der Waals surface area contributed by atoms with Gasteiger partial charge in [0.2, 0.25) is 0 Å². The topological polar surface area (TPSA) is 46.9 Å². The van der Waals surface area contributed by atoms with Gasteiger partial charge in [0.25, 0.3) is 0 Å². The SMILES string of the molecule is OCCN1CCN(c2cc(F)cc(CO)c2)CC1. The Balaban J connectivity index is 2.02. The second-order valence-electron chi connectivity index (χ2n) is 4.53. The Labute approximate surface area is 106 Å². The molecule has 0 aliphatic carbocycles. The molecule has 5 heteroatoms. The molecule has 1 saturated heterocycles. The molecule has 1 aliphatic rings. The van der Waals surface area contributed by atoms with Crippen molar-refractivity contribution in [3.63, 3.8) is 0 Å². The van der Waals surface area contributed by atoms with Crippen LogP contribution < -0.4 is 4.90 Å². The normalized spacial score (nSPS) is 17.2. The molecule has 0 unspecified atom stereocenters. The Morgan fingerprint density at radius 2 is 1.78 bits per heavy atom. The highest BCUT2D eigenvalue weighted by atomic mass is 19.1. The summed E-state index contributed by atoms with van der Waals surface area (Å²) in [6.07, 6.45) is 0. The van der Waals surface area contributed by atoms with Gasteiger partial charge in [-0.3, -0.25) is 4.90 Å². The first-order valence-electron chi connectivity index (χ1n) is 6.21. The van der Waals surface area contributed by atoms with E-state index < -0.39 is 0 Å². The van der Waals surface area contributed by atoms with E-state index >= 15 is 0 Å². The smallest absolute Gasteiger partial charge is 0.125 e. The summed E-state index contributed by atoms with van der Waals surface area (Å²) in [4.78, 5) is 4.29. The fourth-order valence-corrected chi connectivity index (χ4v) is 2.28. The minimum atomic E-state index is -0.311. The monoisotopic (exact) mass is 254 g/mol. The summed E-state index contributed by atoms with van der Waals surface area (Å²) < 4.78 is 13.4. The number of halogens is 1. The summed E-state index contributed by atoms with van der Waals surface area (Å²) in [5.74, 6) is -0.311. The lowest BCUT2D eigenvalue weighted by Crippen LogP contribution is -2.47. The third-order valence-corrected chi connectivity index (χ3v) is 3.28. The van der Waals surface area contributed by atoms with E-state index in [2.05, 4.69) is 9.80 Å². The van der Waals surface area contributed by atoms with Crippen LogP contribution in [0.3, 0.4) is 0 Å². The number of hydrogen-bond donors (Lipinski definition) is 2. The minimum absolute atomic E-state index is 0.144. The lowest BCUT2D eigenvalue weighted by Gasteiger charge is -2.36. The Morgan fingerprint density at radius 1 is 1.06 bits per heavy atom. The van der Waals surface area contributed by atoms with E-state index in [9.17, 15) is 4.39 Å². The highest BCUT2D eigenvalue weighted by molar-refractivity contribution is 5.49. The van der Waals surface area contributed by atoms with Crippen LogP contribution in [0.1, 0.15) is 5.56 Å². The Bertz CT molecular complexity index is 393. The van der Waals surface area contributed by atoms with Gasteiger partial charge >= 0.3 is 0 Å². The predicted octanol–water partition coefficient (Wildman–Crippen LogP) is 0.432. The number of β-amino-alcohol motifs (C(OH)–C–C–N with tert-alkyl or cyclic N) is 1. The Kier molecular flexibility index (Phi) is 4.52. The molecule has 100 valence electrons. The maximum atomic E-state index is 13.4. The number of rotatable bonds is 4. The van der Waals surface area contributed by atoms with Gasteiger partial charge in [0.1, 0.15) is 5.82 Å². The molecule has 0 aromatic heterocycles. The number of hydrogen-bond acceptors (Lipinski definition) is 4. The van der Waals surface area contributed by atoms with Gasteiger partial charge in [-0.1, -0.05) is 0 Å². The molecule has 0 spiro atoms. The van der Waals surface area contributed by atoms with Gasteiger partial charge in [0, 0.05) is 38.4 Å². The average Bonchev–Trinajstić information content (AvgIpc) is 2.39. The molecule has 1 aliphatic heterocycles. The Morgan fingerprint density at radius 3 is 2.39 bits per heavy atom. The molecule has 2 N–H and O–H groups in total. The van der Waals surface area contributed by atoms with Gasteiger partial charge in [-0.2, -0.15) is 0 Å². The van der Waals surface area contributed by atoms with E-state index in [4.69, 9.17) is 10.2 Å². The third kappa shape index (κ3) is 3.19. The molecule has 0 saturated carbocycles. The fraction of sp³-hybridized carbons (Fsp3) is 0.538. The zero-order valence-corrected chi connectivity index (χ0v) is 10.3. The van der Waals surface area contributed by atoms with Crippen molar-refractivity contribution in [2.45, 2.75) is 6.61 Å². The summed E-state index contributed by atoms with van der Waals surface area (Å²) in [7, 11) is 0. The van der Waals surface area contributed by atoms with Crippen LogP contribution >= 0.6 is 0 Å². The Hall–Kier alpha value is -1.17. The first kappa shape index (κ1) is 13.3. The van der Waals surface area contributed by atoms with E-state index in [1.54, 1.807) is 0 Å². The number of benzene rings is 1. The van der Waals surface area contributed by atoms with Crippen molar-refractivity contribution in [2.75, 3.05) is 44.2 Å². The van der Waals surface area contributed by atoms with Crippen molar-refractivity contribution in [1.29, 1.82) is 0 Å². The van der Waals surface area contributed by atoms with Gasteiger partial charge in [0.05, 0.1) is 13.2 Å². The number of aliphatic hydroxyl groups excluding tert-OH is 2. The summed E-state index contributed by atoms with van der Waals surface area (Å²) >= 11 is 0. The maximum absolute atomic E-state index is 13.4. The molecular weight excluding hydrogens is 235 g/mol. The van der Waals surface area contributed by atoms with Crippen molar-refractivity contribution in [2.24, 2.45) is 0 Å². The molecule has 18 heavy (non-hydrogen) atoms. The molecular formula is C13H19FN2O2. The predicted molar refractivity (Wildman–Crippen MR) is 68.1 cm³/mol. The summed E-state index contributed by atoms with van der Waals surface area (Å²) in [6, 6.07) is 4.68. The van der Waals surface area contributed by atoms with Crippen LogP contribution in [0.15, 0.2) is 18.2 Å². The molecule has 4 nitrogen and oxygen atoms in total. The second kappa shape index (κ2) is 6.13. The molecule has 2 rings (SSSR count). The highest BCUT2D eigenvalue weighted by Crippen LogP contribution is 2.20. The minimum Gasteiger partial charge on any atom is -0.395 e. The van der Waals surface area contributed by atoms with Crippen molar-refractivity contribution in [3.8, 4) is 0 Å². The molecule has 0 radical (unpaired) electrons. The maximum Gasteiger partial charge on any atom is 0.125 e. The largest absolute Gasteiger partial charge is 0.395 e. The van der Waals surface area contributed by atoms with Gasteiger partial charge in [0.15, 0.2) is 0 Å². The van der Waals surface area contributed by atoms with Gasteiger partial charge in [-0.15, -0.1) is 0 Å². The van der Waals surface area contributed by atoms with Gasteiger partial charge in [-0.05, 0) is 23.8 Å². The van der Waals surface area contributed by atoms with Crippen molar-refractivity contribution >= 4 is 5.69 Å². The standard InChI is InChI=1S/C13H19FN2O2/c14-12-7-11(10-18)8-13(9-12)16-3-1-15(2-4-16)5-6-17/h7-9,17-18H,1-6,10H2. The van der Waals surface area contributed by atoms with Gasteiger partial charge in [-0.25, -0.2) is 4.39 Å². The van der Waals surface area contributed by atoms with Crippen LogP contribution in [0.2, 0.25) is 0 Å². The lowest BCUT2D eigenvalue weighted by molar-refractivity contribution is 0.188. The van der Waals surface area contributed by atoms with E-state index in [-0.39, 0.29) is 19.0 Å². The molecule has 1 aromatic carbocycles. The third-order valence-electron chi connectivity index (χ3n) is 3.28. The van der Waals surface area contributed by atoms with E-state index in [0.717, 1.165) is 31.9 Å². The van der Waals surface area contributed by atoms with Crippen LogP contribution in [0.25, 0.3) is 0 Å². The number of anilines is 1. The number of piperazine rings is 1.